The van der Waals surface area contributed by atoms with Crippen LogP contribution in [-0.2, 0) is 20.1 Å². The average molecular weight is 381 g/mol. The molecule has 3 aromatic rings. The van der Waals surface area contributed by atoms with Crippen LogP contribution in [0.4, 0.5) is 0 Å². The molecule has 0 bridgehead atoms. The highest BCUT2D eigenvalue weighted by Gasteiger charge is 2.11. The Morgan fingerprint density at radius 3 is 2.54 bits per heavy atom. The van der Waals surface area contributed by atoms with Gasteiger partial charge in [0.05, 0.1) is 17.8 Å². The molecule has 0 saturated carbocycles. The Labute approximate surface area is 167 Å². The van der Waals surface area contributed by atoms with Gasteiger partial charge < -0.3 is 15.6 Å². The molecular formula is C22H32N6. The van der Waals surface area contributed by atoms with Crippen molar-refractivity contribution in [2.75, 3.05) is 6.54 Å². The Hall–Kier alpha value is -2.76. The molecule has 3 N–H and O–H groups in total. The van der Waals surface area contributed by atoms with Crippen molar-refractivity contribution in [3.8, 4) is 0 Å². The summed E-state index contributed by atoms with van der Waals surface area (Å²) in [6, 6.07) is 4.47. The number of nitrogens with one attached hydrogen (secondary N) is 3. The molecule has 0 spiro atoms. The van der Waals surface area contributed by atoms with Gasteiger partial charge in [0.1, 0.15) is 0 Å². The lowest BCUT2D eigenvalue weighted by Crippen LogP contribution is -2.37. The third-order valence-corrected chi connectivity index (χ3v) is 5.49. The lowest BCUT2D eigenvalue weighted by atomic mass is 10.0. The van der Waals surface area contributed by atoms with Crippen LogP contribution in [0.3, 0.4) is 0 Å². The largest absolute Gasteiger partial charge is 0.358 e. The Kier molecular flexibility index (Phi) is 5.77. The quantitative estimate of drug-likeness (QED) is 0.467. The zero-order valence-electron chi connectivity index (χ0n) is 18.1. The first-order chi connectivity index (χ1) is 13.3. The van der Waals surface area contributed by atoms with Crippen molar-refractivity contribution in [3.63, 3.8) is 0 Å². The van der Waals surface area contributed by atoms with Gasteiger partial charge in [-0.3, -0.25) is 4.68 Å². The topological polar surface area (TPSA) is 70.0 Å². The molecule has 6 heteroatoms. The molecule has 0 radical (unpaired) electrons. The van der Waals surface area contributed by atoms with Gasteiger partial charge >= 0.3 is 0 Å². The predicted molar refractivity (Wildman–Crippen MR) is 117 cm³/mol. The van der Waals surface area contributed by atoms with E-state index in [9.17, 15) is 0 Å². The fourth-order valence-electron chi connectivity index (χ4n) is 3.66. The van der Waals surface area contributed by atoms with Crippen LogP contribution >= 0.6 is 0 Å². The van der Waals surface area contributed by atoms with Crippen LogP contribution < -0.4 is 10.6 Å². The highest BCUT2D eigenvalue weighted by molar-refractivity contribution is 5.88. The third-order valence-electron chi connectivity index (χ3n) is 5.49. The molecule has 2 aromatic heterocycles. The number of benzene rings is 1. The number of aromatic nitrogens is 3. The monoisotopic (exact) mass is 380 g/mol. The Morgan fingerprint density at radius 1 is 1.14 bits per heavy atom. The molecule has 150 valence electrons. The second-order valence-electron chi connectivity index (χ2n) is 7.54. The highest BCUT2D eigenvalue weighted by Crippen LogP contribution is 2.26. The van der Waals surface area contributed by atoms with Crippen LogP contribution in [0.2, 0.25) is 0 Å². The Bertz CT molecular complexity index is 1020. The molecule has 0 aliphatic carbocycles. The first kappa shape index (κ1) is 20.0. The zero-order valence-corrected chi connectivity index (χ0v) is 18.1. The maximum absolute atomic E-state index is 4.84. The van der Waals surface area contributed by atoms with Gasteiger partial charge in [0, 0.05) is 42.5 Å². The predicted octanol–water partition coefficient (Wildman–Crippen LogP) is 3.70. The molecule has 2 heterocycles. The maximum atomic E-state index is 4.84. The van der Waals surface area contributed by atoms with E-state index in [0.717, 1.165) is 18.2 Å². The molecule has 0 fully saturated rings. The molecule has 0 aliphatic rings. The van der Waals surface area contributed by atoms with Crippen molar-refractivity contribution in [2.24, 2.45) is 12.0 Å². The maximum Gasteiger partial charge on any atom is 0.191 e. The van der Waals surface area contributed by atoms with Gasteiger partial charge in [0.15, 0.2) is 5.96 Å². The fraction of sp³-hybridized carbons (Fsp3) is 0.455. The van der Waals surface area contributed by atoms with E-state index in [1.54, 1.807) is 0 Å². The smallest absolute Gasteiger partial charge is 0.191 e. The normalized spacial score (nSPS) is 12.0. The van der Waals surface area contributed by atoms with Gasteiger partial charge in [-0.15, -0.1) is 0 Å². The Balaban J connectivity index is 1.83. The second kappa shape index (κ2) is 8.09. The molecule has 0 aliphatic heterocycles. The molecule has 0 unspecified atom stereocenters. The number of aryl methyl sites for hydroxylation is 5. The number of guanidine groups is 1. The van der Waals surface area contributed by atoms with E-state index in [0.29, 0.717) is 13.1 Å². The number of nitrogens with zero attached hydrogens (tertiary/aromatic N) is 3. The number of fused-ring (bicyclic) bond motifs is 1. The lowest BCUT2D eigenvalue weighted by Gasteiger charge is -2.12. The first-order valence-electron chi connectivity index (χ1n) is 9.91. The van der Waals surface area contributed by atoms with Crippen molar-refractivity contribution < 1.29 is 0 Å². The van der Waals surface area contributed by atoms with Gasteiger partial charge in [0.25, 0.3) is 0 Å². The number of rotatable bonds is 5. The molecule has 0 amide bonds. The van der Waals surface area contributed by atoms with Crippen molar-refractivity contribution in [2.45, 2.75) is 54.6 Å². The second-order valence-corrected chi connectivity index (χ2v) is 7.54. The molecule has 28 heavy (non-hydrogen) atoms. The highest BCUT2D eigenvalue weighted by atomic mass is 15.3. The Morgan fingerprint density at radius 2 is 1.89 bits per heavy atom. The molecule has 1 aromatic carbocycles. The van der Waals surface area contributed by atoms with Crippen LogP contribution in [-0.4, -0.2) is 27.3 Å². The van der Waals surface area contributed by atoms with Gasteiger partial charge in [0.2, 0.25) is 0 Å². The summed E-state index contributed by atoms with van der Waals surface area (Å²) in [6.07, 6.45) is 0. The summed E-state index contributed by atoms with van der Waals surface area (Å²) in [5, 5.41) is 12.6. The minimum Gasteiger partial charge on any atom is -0.358 e. The summed E-state index contributed by atoms with van der Waals surface area (Å²) >= 11 is 0. The molecule has 0 atom stereocenters. The average Bonchev–Trinajstić information content (AvgIpc) is 3.06. The van der Waals surface area contributed by atoms with Gasteiger partial charge in [-0.25, -0.2) is 4.99 Å². The lowest BCUT2D eigenvalue weighted by molar-refractivity contribution is 0.728. The van der Waals surface area contributed by atoms with Crippen LogP contribution in [0.5, 0.6) is 0 Å². The van der Waals surface area contributed by atoms with E-state index >= 15 is 0 Å². The minimum atomic E-state index is 0.623. The number of hydrogen-bond acceptors (Lipinski definition) is 2. The standard InChI is InChI=1S/C22H32N6/c1-8-23-22(25-12-20-16(5)27-28(7)17(20)6)24-11-18-9-13(2)10-19-14(3)15(4)26-21(18)19/h9-10,26H,8,11-12H2,1-7H3,(H2,23,24,25). The number of aromatic amines is 1. The minimum absolute atomic E-state index is 0.623. The third kappa shape index (κ3) is 3.91. The van der Waals surface area contributed by atoms with Crippen molar-refractivity contribution in [3.05, 3.63) is 51.5 Å². The van der Waals surface area contributed by atoms with Crippen LogP contribution in [0, 0.1) is 34.6 Å². The summed E-state index contributed by atoms with van der Waals surface area (Å²) in [5.74, 6) is 0.819. The number of H-pyrrole nitrogens is 1. The van der Waals surface area contributed by atoms with Crippen molar-refractivity contribution in [1.29, 1.82) is 0 Å². The van der Waals surface area contributed by atoms with E-state index in [-0.39, 0.29) is 0 Å². The van der Waals surface area contributed by atoms with E-state index in [1.807, 2.05) is 18.7 Å². The zero-order chi connectivity index (χ0) is 20.4. The molecule has 6 nitrogen and oxygen atoms in total. The van der Waals surface area contributed by atoms with Crippen LogP contribution in [0.15, 0.2) is 17.1 Å². The molecule has 3 rings (SSSR count). The van der Waals surface area contributed by atoms with E-state index in [1.165, 1.54) is 44.5 Å². The van der Waals surface area contributed by atoms with Gasteiger partial charge in [-0.2, -0.15) is 5.10 Å². The number of hydrogen-bond donors (Lipinski definition) is 3. The SMILES string of the molecule is CCNC(=NCc1cc(C)cc2c(C)c(C)[nH]c12)NCc1c(C)nn(C)c1C. The fourth-order valence-corrected chi connectivity index (χ4v) is 3.66. The summed E-state index contributed by atoms with van der Waals surface area (Å²) in [6.45, 7) is 14.8. The van der Waals surface area contributed by atoms with Crippen LogP contribution in [0.25, 0.3) is 10.9 Å². The van der Waals surface area contributed by atoms with Gasteiger partial charge in [-0.05, 0) is 58.7 Å². The van der Waals surface area contributed by atoms with E-state index in [2.05, 4.69) is 67.5 Å². The van der Waals surface area contributed by atoms with Crippen molar-refractivity contribution >= 4 is 16.9 Å². The summed E-state index contributed by atoms with van der Waals surface area (Å²) in [5.41, 5.74) is 9.67. The van der Waals surface area contributed by atoms with Crippen molar-refractivity contribution in [1.82, 2.24) is 25.4 Å². The van der Waals surface area contributed by atoms with E-state index < -0.39 is 0 Å². The van der Waals surface area contributed by atoms with Crippen LogP contribution in [0.1, 0.15) is 46.3 Å². The van der Waals surface area contributed by atoms with E-state index in [4.69, 9.17) is 4.99 Å². The number of aliphatic imine (C=N–C) groups is 1. The summed E-state index contributed by atoms with van der Waals surface area (Å²) < 4.78 is 1.93. The molecular weight excluding hydrogens is 348 g/mol. The summed E-state index contributed by atoms with van der Waals surface area (Å²) in [4.78, 5) is 8.38. The molecule has 0 saturated heterocycles. The van der Waals surface area contributed by atoms with Gasteiger partial charge in [-0.1, -0.05) is 11.6 Å². The first-order valence-corrected chi connectivity index (χ1v) is 9.91. The summed E-state index contributed by atoms with van der Waals surface area (Å²) in [7, 11) is 1.98.